The van der Waals surface area contributed by atoms with Gasteiger partial charge in [-0.25, -0.2) is 4.39 Å². The molecule has 1 aliphatic rings. The number of aromatic nitrogens is 3. The molecule has 1 aliphatic heterocycles. The molecular weight excluding hydrogens is 319 g/mol. The zero-order valence-electron chi connectivity index (χ0n) is 13.3. The predicted octanol–water partition coefficient (Wildman–Crippen LogP) is 2.97. The summed E-state index contributed by atoms with van der Waals surface area (Å²) in [7, 11) is 0. The van der Waals surface area contributed by atoms with Crippen LogP contribution in [0, 0.1) is 12.7 Å². The lowest BCUT2D eigenvalue weighted by atomic mass is 10.1. The molecule has 23 heavy (non-hydrogen) atoms. The summed E-state index contributed by atoms with van der Waals surface area (Å²) in [6, 6.07) is 4.45. The number of ether oxygens (including phenoxy) is 1. The monoisotopic (exact) mass is 338 g/mol. The van der Waals surface area contributed by atoms with Crippen LogP contribution in [0.4, 0.5) is 4.39 Å². The number of morpholine rings is 1. The number of hydrogen-bond acceptors (Lipinski definition) is 4. The Balaban J connectivity index is 1.73. The van der Waals surface area contributed by atoms with Crippen LogP contribution >= 0.6 is 11.6 Å². The third-order valence-corrected chi connectivity index (χ3v) is 4.48. The lowest BCUT2D eigenvalue weighted by Gasteiger charge is -2.33. The molecule has 1 fully saturated rings. The van der Waals surface area contributed by atoms with Gasteiger partial charge in [0.15, 0.2) is 0 Å². The van der Waals surface area contributed by atoms with Gasteiger partial charge < -0.3 is 9.30 Å². The Morgan fingerprint density at radius 3 is 2.96 bits per heavy atom. The van der Waals surface area contributed by atoms with Gasteiger partial charge in [0.1, 0.15) is 17.5 Å². The van der Waals surface area contributed by atoms with E-state index in [1.165, 1.54) is 12.1 Å². The van der Waals surface area contributed by atoms with Crippen LogP contribution in [0.2, 0.25) is 5.02 Å². The van der Waals surface area contributed by atoms with Crippen LogP contribution in [-0.4, -0.2) is 39.4 Å². The van der Waals surface area contributed by atoms with Gasteiger partial charge in [-0.15, -0.1) is 10.2 Å². The maximum Gasteiger partial charge on any atom is 0.147 e. The van der Waals surface area contributed by atoms with Crippen molar-refractivity contribution in [1.29, 1.82) is 0 Å². The summed E-state index contributed by atoms with van der Waals surface area (Å²) in [5.41, 5.74) is 0.825. The average Bonchev–Trinajstić information content (AvgIpc) is 2.87. The minimum absolute atomic E-state index is 0.157. The van der Waals surface area contributed by atoms with Gasteiger partial charge in [-0.2, -0.15) is 0 Å². The van der Waals surface area contributed by atoms with E-state index >= 15 is 0 Å². The third kappa shape index (κ3) is 3.54. The quantitative estimate of drug-likeness (QED) is 0.859. The van der Waals surface area contributed by atoms with Crippen LogP contribution in [0.5, 0.6) is 0 Å². The molecule has 2 aromatic rings. The fraction of sp³-hybridized carbons (Fsp3) is 0.500. The van der Waals surface area contributed by atoms with E-state index in [9.17, 15) is 4.39 Å². The first-order valence-corrected chi connectivity index (χ1v) is 8.14. The Kier molecular flexibility index (Phi) is 4.94. The Labute approximate surface area is 140 Å². The lowest BCUT2D eigenvalue weighted by molar-refractivity contribution is -0.0339. The molecular formula is C16H20ClFN4O. The van der Waals surface area contributed by atoms with Gasteiger partial charge in [-0.05, 0) is 26.0 Å². The first kappa shape index (κ1) is 16.4. The molecule has 7 heteroatoms. The standard InChI is InChI=1S/C16H20ClFN4O/c1-3-22-11(2)19-20-16(22)10-21-6-7-23-15(9-21)13-5-4-12(18)8-14(13)17/h4-5,8,15H,3,6-7,9-10H2,1-2H3/t15-/m1/s1. The SMILES string of the molecule is CCn1c(C)nnc1CN1CCO[C@@H](c2ccc(F)cc2Cl)C1. The number of halogens is 2. The predicted molar refractivity (Wildman–Crippen MR) is 85.8 cm³/mol. The molecule has 1 aromatic heterocycles. The van der Waals surface area contributed by atoms with Crippen molar-refractivity contribution in [2.24, 2.45) is 0 Å². The second-order valence-corrected chi connectivity index (χ2v) is 6.08. The number of aryl methyl sites for hydroxylation is 1. The van der Waals surface area contributed by atoms with E-state index in [1.54, 1.807) is 6.07 Å². The highest BCUT2D eigenvalue weighted by atomic mass is 35.5. The summed E-state index contributed by atoms with van der Waals surface area (Å²) in [5.74, 6) is 1.54. The average molecular weight is 339 g/mol. The molecule has 0 amide bonds. The molecule has 124 valence electrons. The van der Waals surface area contributed by atoms with Crippen molar-refractivity contribution in [3.63, 3.8) is 0 Å². The van der Waals surface area contributed by atoms with Crippen LogP contribution in [0.25, 0.3) is 0 Å². The number of hydrogen-bond donors (Lipinski definition) is 0. The smallest absolute Gasteiger partial charge is 0.147 e. The molecule has 0 spiro atoms. The summed E-state index contributed by atoms with van der Waals surface area (Å²) in [5, 5.41) is 8.82. The molecule has 0 N–H and O–H groups in total. The first-order valence-electron chi connectivity index (χ1n) is 7.76. The maximum atomic E-state index is 13.2. The summed E-state index contributed by atoms with van der Waals surface area (Å²) in [6.45, 7) is 7.74. The molecule has 0 radical (unpaired) electrons. The Morgan fingerprint density at radius 2 is 2.22 bits per heavy atom. The van der Waals surface area contributed by atoms with Gasteiger partial charge in [0.05, 0.1) is 19.3 Å². The molecule has 2 heterocycles. The van der Waals surface area contributed by atoms with Crippen molar-refractivity contribution < 1.29 is 9.13 Å². The summed E-state index contributed by atoms with van der Waals surface area (Å²) < 4.78 is 21.1. The Bertz CT molecular complexity index is 691. The molecule has 0 aliphatic carbocycles. The van der Waals surface area contributed by atoms with Gasteiger partial charge in [-0.3, -0.25) is 4.90 Å². The Morgan fingerprint density at radius 1 is 1.39 bits per heavy atom. The van der Waals surface area contributed by atoms with Gasteiger partial charge in [0.2, 0.25) is 0 Å². The van der Waals surface area contributed by atoms with Crippen LogP contribution in [0.15, 0.2) is 18.2 Å². The highest BCUT2D eigenvalue weighted by Crippen LogP contribution is 2.29. The highest BCUT2D eigenvalue weighted by molar-refractivity contribution is 6.31. The van der Waals surface area contributed by atoms with Crippen LogP contribution in [-0.2, 0) is 17.8 Å². The second kappa shape index (κ2) is 6.95. The molecule has 1 saturated heterocycles. The largest absolute Gasteiger partial charge is 0.371 e. The summed E-state index contributed by atoms with van der Waals surface area (Å²) >= 11 is 6.16. The van der Waals surface area contributed by atoms with Crippen molar-refractivity contribution >= 4 is 11.6 Å². The van der Waals surface area contributed by atoms with Crippen molar-refractivity contribution in [1.82, 2.24) is 19.7 Å². The molecule has 1 aromatic carbocycles. The van der Waals surface area contributed by atoms with E-state index in [-0.39, 0.29) is 11.9 Å². The van der Waals surface area contributed by atoms with Crippen molar-refractivity contribution in [2.75, 3.05) is 19.7 Å². The van der Waals surface area contributed by atoms with Crippen LogP contribution < -0.4 is 0 Å². The molecule has 3 rings (SSSR count). The number of benzene rings is 1. The molecule has 0 saturated carbocycles. The molecule has 5 nitrogen and oxygen atoms in total. The zero-order valence-corrected chi connectivity index (χ0v) is 14.1. The van der Waals surface area contributed by atoms with E-state index in [0.29, 0.717) is 24.7 Å². The minimum Gasteiger partial charge on any atom is -0.371 e. The summed E-state index contributed by atoms with van der Waals surface area (Å²) in [4.78, 5) is 2.27. The molecule has 0 unspecified atom stereocenters. The van der Waals surface area contributed by atoms with E-state index < -0.39 is 0 Å². The number of rotatable bonds is 4. The van der Waals surface area contributed by atoms with Crippen LogP contribution in [0.1, 0.15) is 30.2 Å². The fourth-order valence-corrected chi connectivity index (χ4v) is 3.24. The van der Waals surface area contributed by atoms with Gasteiger partial charge >= 0.3 is 0 Å². The van der Waals surface area contributed by atoms with Gasteiger partial charge in [0, 0.05) is 30.2 Å². The minimum atomic E-state index is -0.335. The van der Waals surface area contributed by atoms with Gasteiger partial charge in [0.25, 0.3) is 0 Å². The van der Waals surface area contributed by atoms with Crippen molar-refractivity contribution in [3.8, 4) is 0 Å². The second-order valence-electron chi connectivity index (χ2n) is 5.67. The third-order valence-electron chi connectivity index (χ3n) is 4.15. The number of nitrogens with zero attached hydrogens (tertiary/aromatic N) is 4. The Hall–Kier alpha value is -1.50. The van der Waals surface area contributed by atoms with Crippen LogP contribution in [0.3, 0.4) is 0 Å². The lowest BCUT2D eigenvalue weighted by Crippen LogP contribution is -2.38. The van der Waals surface area contributed by atoms with E-state index in [1.807, 2.05) is 6.92 Å². The van der Waals surface area contributed by atoms with Gasteiger partial charge in [-0.1, -0.05) is 17.7 Å². The fourth-order valence-electron chi connectivity index (χ4n) is 2.95. The zero-order chi connectivity index (χ0) is 16.4. The first-order chi connectivity index (χ1) is 11.1. The van der Waals surface area contributed by atoms with Crippen molar-refractivity contribution in [3.05, 3.63) is 46.3 Å². The van der Waals surface area contributed by atoms with E-state index in [0.717, 1.165) is 30.3 Å². The molecule has 0 bridgehead atoms. The topological polar surface area (TPSA) is 43.2 Å². The van der Waals surface area contributed by atoms with E-state index in [2.05, 4.69) is 26.6 Å². The summed E-state index contributed by atoms with van der Waals surface area (Å²) in [6.07, 6.45) is -0.157. The van der Waals surface area contributed by atoms with E-state index in [4.69, 9.17) is 16.3 Å². The van der Waals surface area contributed by atoms with Crippen molar-refractivity contribution in [2.45, 2.75) is 33.0 Å². The molecule has 1 atom stereocenters. The highest BCUT2D eigenvalue weighted by Gasteiger charge is 2.25. The normalized spacial score (nSPS) is 19.2. The maximum absolute atomic E-state index is 13.2.